The van der Waals surface area contributed by atoms with Gasteiger partial charge in [0.1, 0.15) is 23.7 Å². The Kier molecular flexibility index (Phi) is 3.43. The number of aryl methyl sites for hydroxylation is 2. The summed E-state index contributed by atoms with van der Waals surface area (Å²) in [7, 11) is 1.81. The quantitative estimate of drug-likeness (QED) is 0.800. The van der Waals surface area contributed by atoms with Crippen molar-refractivity contribution in [3.05, 3.63) is 53.8 Å². The van der Waals surface area contributed by atoms with E-state index in [1.807, 2.05) is 26.1 Å². The third-order valence-electron chi connectivity index (χ3n) is 3.25. The maximum absolute atomic E-state index is 13.1. The maximum atomic E-state index is 13.1. The molecule has 0 unspecified atom stereocenters. The number of rotatable bonds is 4. The molecule has 1 aromatic carbocycles. The van der Waals surface area contributed by atoms with E-state index >= 15 is 0 Å². The molecule has 0 aliphatic carbocycles. The number of benzene rings is 1. The van der Waals surface area contributed by atoms with Crippen LogP contribution in [0.3, 0.4) is 0 Å². The van der Waals surface area contributed by atoms with Crippen LogP contribution in [0.4, 0.5) is 10.3 Å². The molecule has 1 N–H and O–H groups in total. The van der Waals surface area contributed by atoms with Crippen molar-refractivity contribution in [3.8, 4) is 11.3 Å². The highest BCUT2D eigenvalue weighted by Crippen LogP contribution is 2.26. The summed E-state index contributed by atoms with van der Waals surface area (Å²) in [6.07, 6.45) is 1.48. The summed E-state index contributed by atoms with van der Waals surface area (Å²) in [5.74, 6) is 1.93. The van der Waals surface area contributed by atoms with Crippen LogP contribution < -0.4 is 5.32 Å². The van der Waals surface area contributed by atoms with Gasteiger partial charge in [-0.1, -0.05) is 0 Å². The molecule has 0 aliphatic heterocycles. The highest BCUT2D eigenvalue weighted by molar-refractivity contribution is 5.62. The Bertz CT molecular complexity index is 763. The van der Waals surface area contributed by atoms with Crippen LogP contribution in [0.1, 0.15) is 11.3 Å². The third kappa shape index (κ3) is 2.79. The second-order valence-corrected chi connectivity index (χ2v) is 4.79. The lowest BCUT2D eigenvalue weighted by molar-refractivity contribution is 0.529. The minimum absolute atomic E-state index is 0.244. The van der Waals surface area contributed by atoms with E-state index in [9.17, 15) is 4.39 Å². The molecule has 0 saturated heterocycles. The van der Waals surface area contributed by atoms with Gasteiger partial charge in [0.15, 0.2) is 0 Å². The number of nitrogens with zero attached hydrogens (tertiary/aromatic N) is 3. The number of nitrogens with one attached hydrogen (secondary N) is 1. The lowest BCUT2D eigenvalue weighted by atomic mass is 10.1. The molecular weight excluding hydrogens is 271 g/mol. The van der Waals surface area contributed by atoms with Crippen LogP contribution in [-0.2, 0) is 13.6 Å². The van der Waals surface area contributed by atoms with Crippen molar-refractivity contribution in [2.24, 2.45) is 7.05 Å². The Labute approximate surface area is 121 Å². The van der Waals surface area contributed by atoms with Crippen LogP contribution in [0, 0.1) is 12.7 Å². The first-order valence-electron chi connectivity index (χ1n) is 6.56. The molecule has 0 bridgehead atoms. The molecule has 3 rings (SSSR count). The van der Waals surface area contributed by atoms with Gasteiger partial charge in [0.2, 0.25) is 5.95 Å². The van der Waals surface area contributed by atoms with E-state index in [0.717, 1.165) is 22.6 Å². The molecule has 0 atom stereocenters. The molecule has 3 aromatic rings. The topological polar surface area (TPSA) is 55.9 Å². The first-order chi connectivity index (χ1) is 10.1. The van der Waals surface area contributed by atoms with E-state index in [1.165, 1.54) is 18.5 Å². The van der Waals surface area contributed by atoms with Crippen LogP contribution in [-0.4, -0.2) is 14.8 Å². The Morgan fingerprint density at radius 2 is 2.14 bits per heavy atom. The van der Waals surface area contributed by atoms with Crippen molar-refractivity contribution in [2.75, 3.05) is 5.32 Å². The standard InChI is InChI=1S/C15H15FN4O/c1-10-7-11(16)3-5-13(10)14-6-4-12(21-14)8-17-15-18-9-19-20(15)2/h3-7,9H,8H2,1-2H3,(H,17,18,19). The maximum Gasteiger partial charge on any atom is 0.221 e. The van der Waals surface area contributed by atoms with Crippen molar-refractivity contribution in [1.82, 2.24) is 14.8 Å². The summed E-state index contributed by atoms with van der Waals surface area (Å²) in [6, 6.07) is 8.43. The van der Waals surface area contributed by atoms with Crippen LogP contribution >= 0.6 is 0 Å². The molecular formula is C15H15FN4O. The van der Waals surface area contributed by atoms with Gasteiger partial charge in [-0.2, -0.15) is 10.1 Å². The molecule has 5 nitrogen and oxygen atoms in total. The van der Waals surface area contributed by atoms with Gasteiger partial charge in [0, 0.05) is 12.6 Å². The second kappa shape index (κ2) is 5.40. The van der Waals surface area contributed by atoms with Crippen molar-refractivity contribution >= 4 is 5.95 Å². The molecule has 0 saturated carbocycles. The molecule has 0 radical (unpaired) electrons. The molecule has 21 heavy (non-hydrogen) atoms. The summed E-state index contributed by atoms with van der Waals surface area (Å²) in [5.41, 5.74) is 1.73. The first kappa shape index (κ1) is 13.4. The van der Waals surface area contributed by atoms with Gasteiger partial charge in [-0.15, -0.1) is 0 Å². The molecule has 6 heteroatoms. The fourth-order valence-electron chi connectivity index (χ4n) is 2.14. The summed E-state index contributed by atoms with van der Waals surface area (Å²) >= 11 is 0. The highest BCUT2D eigenvalue weighted by atomic mass is 19.1. The van der Waals surface area contributed by atoms with Gasteiger partial charge in [0.05, 0.1) is 6.54 Å². The zero-order valence-corrected chi connectivity index (χ0v) is 11.8. The Morgan fingerprint density at radius 3 is 2.86 bits per heavy atom. The average molecular weight is 286 g/mol. The minimum atomic E-state index is -0.244. The van der Waals surface area contributed by atoms with Crippen LogP contribution in [0.25, 0.3) is 11.3 Å². The Hall–Kier alpha value is -2.63. The zero-order valence-electron chi connectivity index (χ0n) is 11.8. The molecule has 0 aliphatic rings. The van der Waals surface area contributed by atoms with Crippen molar-refractivity contribution in [3.63, 3.8) is 0 Å². The molecule has 0 amide bonds. The predicted octanol–water partition coefficient (Wildman–Crippen LogP) is 3.13. The van der Waals surface area contributed by atoms with Crippen molar-refractivity contribution in [2.45, 2.75) is 13.5 Å². The number of hydrogen-bond acceptors (Lipinski definition) is 4. The van der Waals surface area contributed by atoms with E-state index in [1.54, 1.807) is 10.7 Å². The van der Waals surface area contributed by atoms with E-state index in [-0.39, 0.29) is 5.82 Å². The fraction of sp³-hybridized carbons (Fsp3) is 0.200. The summed E-state index contributed by atoms with van der Waals surface area (Å²) < 4.78 is 20.6. The van der Waals surface area contributed by atoms with Crippen LogP contribution in [0.2, 0.25) is 0 Å². The van der Waals surface area contributed by atoms with Crippen molar-refractivity contribution in [1.29, 1.82) is 0 Å². The van der Waals surface area contributed by atoms with Gasteiger partial charge in [-0.25, -0.2) is 9.07 Å². The Morgan fingerprint density at radius 1 is 1.29 bits per heavy atom. The van der Waals surface area contributed by atoms with E-state index in [0.29, 0.717) is 12.5 Å². The molecule has 2 aromatic heterocycles. The third-order valence-corrected chi connectivity index (χ3v) is 3.25. The van der Waals surface area contributed by atoms with E-state index in [2.05, 4.69) is 15.4 Å². The van der Waals surface area contributed by atoms with E-state index < -0.39 is 0 Å². The molecule has 0 fully saturated rings. The lowest BCUT2D eigenvalue weighted by Crippen LogP contribution is -2.04. The number of furan rings is 1. The summed E-state index contributed by atoms with van der Waals surface area (Å²) in [5, 5.41) is 7.11. The normalized spacial score (nSPS) is 10.8. The number of halogens is 1. The summed E-state index contributed by atoms with van der Waals surface area (Å²) in [6.45, 7) is 2.37. The fourth-order valence-corrected chi connectivity index (χ4v) is 2.14. The number of anilines is 1. The number of hydrogen-bond donors (Lipinski definition) is 1. The van der Waals surface area contributed by atoms with Crippen LogP contribution in [0.5, 0.6) is 0 Å². The smallest absolute Gasteiger partial charge is 0.221 e. The first-order valence-corrected chi connectivity index (χ1v) is 6.56. The number of aromatic nitrogens is 3. The highest BCUT2D eigenvalue weighted by Gasteiger charge is 2.09. The van der Waals surface area contributed by atoms with Gasteiger partial charge < -0.3 is 9.73 Å². The molecule has 108 valence electrons. The minimum Gasteiger partial charge on any atom is -0.459 e. The monoisotopic (exact) mass is 286 g/mol. The van der Waals surface area contributed by atoms with Crippen LogP contribution in [0.15, 0.2) is 41.1 Å². The zero-order chi connectivity index (χ0) is 14.8. The van der Waals surface area contributed by atoms with Crippen molar-refractivity contribution < 1.29 is 8.81 Å². The molecule has 2 heterocycles. The SMILES string of the molecule is Cc1cc(F)ccc1-c1ccc(CNc2ncnn2C)o1. The van der Waals surface area contributed by atoms with Gasteiger partial charge >= 0.3 is 0 Å². The molecule has 0 spiro atoms. The van der Waals surface area contributed by atoms with Gasteiger partial charge in [-0.3, -0.25) is 0 Å². The lowest BCUT2D eigenvalue weighted by Gasteiger charge is -2.04. The van der Waals surface area contributed by atoms with Gasteiger partial charge in [0.25, 0.3) is 0 Å². The largest absolute Gasteiger partial charge is 0.459 e. The summed E-state index contributed by atoms with van der Waals surface area (Å²) in [4.78, 5) is 4.08. The Balaban J connectivity index is 1.75. The van der Waals surface area contributed by atoms with E-state index in [4.69, 9.17) is 4.42 Å². The predicted molar refractivity (Wildman–Crippen MR) is 77.2 cm³/mol. The average Bonchev–Trinajstić information content (AvgIpc) is 3.05. The second-order valence-electron chi connectivity index (χ2n) is 4.79. The van der Waals surface area contributed by atoms with Gasteiger partial charge in [-0.05, 0) is 42.8 Å².